The molecule has 0 amide bonds. The molecule has 0 bridgehead atoms. The summed E-state index contributed by atoms with van der Waals surface area (Å²) in [5.41, 5.74) is 2.33. The molecule has 0 unspecified atom stereocenters. The van der Waals surface area contributed by atoms with Crippen molar-refractivity contribution >= 4 is 17.3 Å². The Kier molecular flexibility index (Phi) is 7.73. The third kappa shape index (κ3) is 6.05. The van der Waals surface area contributed by atoms with Crippen molar-refractivity contribution in [1.82, 2.24) is 15.6 Å². The van der Waals surface area contributed by atoms with Gasteiger partial charge in [0.25, 0.3) is 0 Å². The molecule has 0 fully saturated rings. The van der Waals surface area contributed by atoms with Gasteiger partial charge in [-0.05, 0) is 38.8 Å². The molecule has 1 heterocycles. The molecule has 2 rings (SSSR count). The lowest BCUT2D eigenvalue weighted by Gasteiger charge is -2.12. The minimum atomic E-state index is 0.733. The van der Waals surface area contributed by atoms with Crippen LogP contribution in [0, 0.1) is 13.8 Å². The molecule has 0 aliphatic rings. The maximum atomic E-state index is 5.40. The van der Waals surface area contributed by atoms with Crippen molar-refractivity contribution in [3.8, 4) is 5.75 Å². The number of ether oxygens (including phenoxy) is 1. The Hall–Kier alpha value is -2.08. The summed E-state index contributed by atoms with van der Waals surface area (Å²) in [4.78, 5) is 10.5. The van der Waals surface area contributed by atoms with Crippen LogP contribution in [0.15, 0.2) is 29.3 Å². The Morgan fingerprint density at radius 3 is 2.68 bits per heavy atom. The number of benzene rings is 1. The van der Waals surface area contributed by atoms with E-state index in [0.717, 1.165) is 54.9 Å². The lowest BCUT2D eigenvalue weighted by atomic mass is 10.1. The monoisotopic (exact) mass is 360 g/mol. The quantitative estimate of drug-likeness (QED) is 0.561. The Labute approximate surface area is 154 Å². The topological polar surface area (TPSA) is 58.5 Å². The molecule has 0 radical (unpaired) electrons. The zero-order valence-corrected chi connectivity index (χ0v) is 16.4. The van der Waals surface area contributed by atoms with Gasteiger partial charge in [-0.3, -0.25) is 4.99 Å². The van der Waals surface area contributed by atoms with Crippen LogP contribution in [0.3, 0.4) is 0 Å². The molecule has 0 spiro atoms. The third-order valence-corrected chi connectivity index (χ3v) is 5.02. The first kappa shape index (κ1) is 19.2. The molecule has 0 saturated carbocycles. The van der Waals surface area contributed by atoms with Gasteiger partial charge in [0.05, 0.1) is 17.8 Å². The molecule has 5 nitrogen and oxygen atoms in total. The van der Waals surface area contributed by atoms with Crippen LogP contribution >= 0.6 is 11.3 Å². The van der Waals surface area contributed by atoms with E-state index in [4.69, 9.17) is 4.74 Å². The molecule has 0 saturated heterocycles. The Morgan fingerprint density at radius 2 is 2.00 bits per heavy atom. The number of hydrogen-bond acceptors (Lipinski definition) is 4. The zero-order chi connectivity index (χ0) is 18.1. The number of rotatable bonds is 8. The summed E-state index contributed by atoms with van der Waals surface area (Å²) in [5, 5.41) is 7.84. The van der Waals surface area contributed by atoms with Crippen LogP contribution in [0.4, 0.5) is 0 Å². The number of nitrogens with zero attached hydrogens (tertiary/aromatic N) is 2. The normalized spacial score (nSPS) is 11.4. The fourth-order valence-electron chi connectivity index (χ4n) is 2.48. The molecule has 136 valence electrons. The average molecular weight is 361 g/mol. The highest BCUT2D eigenvalue weighted by molar-refractivity contribution is 7.11. The molecular formula is C19H28N4OS. The summed E-state index contributed by atoms with van der Waals surface area (Å²) in [6.07, 6.45) is 1.77. The van der Waals surface area contributed by atoms with E-state index in [2.05, 4.69) is 47.4 Å². The van der Waals surface area contributed by atoms with Gasteiger partial charge in [-0.1, -0.05) is 18.2 Å². The summed E-state index contributed by atoms with van der Waals surface area (Å²) in [6.45, 7) is 8.63. The van der Waals surface area contributed by atoms with Crippen LogP contribution in [-0.4, -0.2) is 37.7 Å². The molecule has 1 aromatic heterocycles. The van der Waals surface area contributed by atoms with Crippen molar-refractivity contribution in [2.75, 3.05) is 26.7 Å². The SMILES string of the molecule is CCNC(=NCCc1nc(C)c(C)s1)NCCc1ccccc1OC. The molecule has 1 aromatic carbocycles. The van der Waals surface area contributed by atoms with Gasteiger partial charge in [-0.25, -0.2) is 4.98 Å². The minimum absolute atomic E-state index is 0.733. The highest BCUT2D eigenvalue weighted by Gasteiger charge is 2.04. The van der Waals surface area contributed by atoms with E-state index in [1.807, 2.05) is 18.2 Å². The van der Waals surface area contributed by atoms with Crippen molar-refractivity contribution < 1.29 is 4.74 Å². The van der Waals surface area contributed by atoms with Gasteiger partial charge in [0, 0.05) is 30.9 Å². The largest absolute Gasteiger partial charge is 0.496 e. The Bertz CT molecular complexity index is 677. The molecule has 2 aromatic rings. The number of aryl methyl sites for hydroxylation is 2. The van der Waals surface area contributed by atoms with E-state index in [1.54, 1.807) is 18.4 Å². The molecule has 25 heavy (non-hydrogen) atoms. The van der Waals surface area contributed by atoms with Gasteiger partial charge in [-0.15, -0.1) is 11.3 Å². The second-order valence-electron chi connectivity index (χ2n) is 5.75. The second kappa shape index (κ2) is 10.0. The number of aliphatic imine (C=N–C) groups is 1. The number of aromatic nitrogens is 1. The van der Waals surface area contributed by atoms with E-state index in [-0.39, 0.29) is 0 Å². The van der Waals surface area contributed by atoms with Crippen LogP contribution in [0.1, 0.15) is 28.1 Å². The van der Waals surface area contributed by atoms with E-state index < -0.39 is 0 Å². The molecule has 0 atom stereocenters. The van der Waals surface area contributed by atoms with Gasteiger partial charge in [0.2, 0.25) is 0 Å². The van der Waals surface area contributed by atoms with Gasteiger partial charge >= 0.3 is 0 Å². The first-order chi connectivity index (χ1) is 12.1. The highest BCUT2D eigenvalue weighted by atomic mass is 32.1. The maximum Gasteiger partial charge on any atom is 0.191 e. The number of hydrogen-bond donors (Lipinski definition) is 2. The molecule has 2 N–H and O–H groups in total. The van der Waals surface area contributed by atoms with Crippen molar-refractivity contribution in [3.05, 3.63) is 45.4 Å². The molecular weight excluding hydrogens is 332 g/mol. The summed E-state index contributed by atoms with van der Waals surface area (Å²) in [6, 6.07) is 8.11. The van der Waals surface area contributed by atoms with E-state index in [0.29, 0.717) is 0 Å². The van der Waals surface area contributed by atoms with Crippen LogP contribution in [0.25, 0.3) is 0 Å². The van der Waals surface area contributed by atoms with E-state index in [9.17, 15) is 0 Å². The van der Waals surface area contributed by atoms with Crippen LogP contribution in [0.5, 0.6) is 5.75 Å². The number of methoxy groups -OCH3 is 1. The summed E-state index contributed by atoms with van der Waals surface area (Å²) >= 11 is 1.76. The molecule has 0 aliphatic heterocycles. The predicted octanol–water partition coefficient (Wildman–Crippen LogP) is 3.11. The Balaban J connectivity index is 1.84. The Morgan fingerprint density at radius 1 is 1.20 bits per heavy atom. The fourth-order valence-corrected chi connectivity index (χ4v) is 3.40. The van der Waals surface area contributed by atoms with E-state index in [1.165, 1.54) is 10.4 Å². The third-order valence-electron chi connectivity index (χ3n) is 3.89. The fraction of sp³-hybridized carbons (Fsp3) is 0.474. The number of para-hydroxylation sites is 1. The lowest BCUT2D eigenvalue weighted by Crippen LogP contribution is -2.38. The average Bonchev–Trinajstić information content (AvgIpc) is 2.93. The number of guanidine groups is 1. The minimum Gasteiger partial charge on any atom is -0.496 e. The number of thiazole rings is 1. The van der Waals surface area contributed by atoms with Gasteiger partial charge in [0.15, 0.2) is 5.96 Å². The smallest absolute Gasteiger partial charge is 0.191 e. The van der Waals surface area contributed by atoms with Gasteiger partial charge < -0.3 is 15.4 Å². The van der Waals surface area contributed by atoms with Crippen LogP contribution in [0.2, 0.25) is 0 Å². The summed E-state index contributed by atoms with van der Waals surface area (Å²) < 4.78 is 5.40. The maximum absolute atomic E-state index is 5.40. The standard InChI is InChI=1S/C19H28N4OS/c1-5-20-19(22-13-11-18-23-14(2)15(3)25-18)21-12-10-16-8-6-7-9-17(16)24-4/h6-9H,5,10-13H2,1-4H3,(H2,20,21,22). The van der Waals surface area contributed by atoms with E-state index >= 15 is 0 Å². The van der Waals surface area contributed by atoms with Crippen molar-refractivity contribution in [2.24, 2.45) is 4.99 Å². The predicted molar refractivity (Wildman–Crippen MR) is 106 cm³/mol. The van der Waals surface area contributed by atoms with Gasteiger partial charge in [-0.2, -0.15) is 0 Å². The highest BCUT2D eigenvalue weighted by Crippen LogP contribution is 2.17. The summed E-state index contributed by atoms with van der Waals surface area (Å²) in [7, 11) is 1.71. The molecule has 6 heteroatoms. The van der Waals surface area contributed by atoms with Crippen molar-refractivity contribution in [2.45, 2.75) is 33.6 Å². The van der Waals surface area contributed by atoms with Crippen molar-refractivity contribution in [3.63, 3.8) is 0 Å². The first-order valence-electron chi connectivity index (χ1n) is 8.71. The second-order valence-corrected chi connectivity index (χ2v) is 7.04. The van der Waals surface area contributed by atoms with Gasteiger partial charge in [0.1, 0.15) is 5.75 Å². The van der Waals surface area contributed by atoms with Crippen LogP contribution in [-0.2, 0) is 12.8 Å². The van der Waals surface area contributed by atoms with Crippen LogP contribution < -0.4 is 15.4 Å². The lowest BCUT2D eigenvalue weighted by molar-refractivity contribution is 0.409. The molecule has 0 aliphatic carbocycles. The zero-order valence-electron chi connectivity index (χ0n) is 15.6. The summed E-state index contributed by atoms with van der Waals surface area (Å²) in [5.74, 6) is 1.78. The van der Waals surface area contributed by atoms with Crippen molar-refractivity contribution in [1.29, 1.82) is 0 Å². The first-order valence-corrected chi connectivity index (χ1v) is 9.52. The number of nitrogens with one attached hydrogen (secondary N) is 2.